The average Bonchev–Trinajstić information content (AvgIpc) is 2.58. The van der Waals surface area contributed by atoms with Gasteiger partial charge in [-0.1, -0.05) is 6.92 Å². The largest absolute Gasteiger partial charge is 0.352 e. The fourth-order valence-electron chi connectivity index (χ4n) is 2.73. The van der Waals surface area contributed by atoms with Crippen LogP contribution in [-0.2, 0) is 0 Å². The zero-order valence-electron chi connectivity index (χ0n) is 13.8. The van der Waals surface area contributed by atoms with Crippen molar-refractivity contribution in [1.82, 2.24) is 15.1 Å². The number of likely N-dealkylation sites (N-methyl/N-ethyl adjacent to an activating group) is 1. The Morgan fingerprint density at radius 1 is 1.29 bits per heavy atom. The van der Waals surface area contributed by atoms with E-state index >= 15 is 0 Å². The van der Waals surface area contributed by atoms with Crippen LogP contribution in [0, 0.1) is 13.7 Å². The van der Waals surface area contributed by atoms with Gasteiger partial charge in [0.05, 0.1) is 10.5 Å². The number of hydrogen-bond donors (Lipinski definition) is 1. The quantitative estimate of drug-likeness (QED) is 0.300. The molecule has 7 nitrogen and oxygen atoms in total. The van der Waals surface area contributed by atoms with Crippen LogP contribution in [0.15, 0.2) is 18.2 Å². The van der Waals surface area contributed by atoms with E-state index in [9.17, 15) is 14.9 Å². The molecule has 1 amide bonds. The van der Waals surface area contributed by atoms with Gasteiger partial charge in [-0.15, -0.1) is 0 Å². The lowest BCUT2D eigenvalue weighted by Gasteiger charge is -2.33. The molecule has 1 N–H and O–H groups in total. The summed E-state index contributed by atoms with van der Waals surface area (Å²) in [7, 11) is 0. The highest BCUT2D eigenvalue weighted by atomic mass is 127. The van der Waals surface area contributed by atoms with Crippen LogP contribution in [0.25, 0.3) is 0 Å². The number of hydrogen-bond acceptors (Lipinski definition) is 5. The number of amides is 1. The van der Waals surface area contributed by atoms with Crippen LogP contribution in [0.5, 0.6) is 0 Å². The van der Waals surface area contributed by atoms with Crippen molar-refractivity contribution in [2.75, 3.05) is 45.8 Å². The summed E-state index contributed by atoms with van der Waals surface area (Å²) in [5.41, 5.74) is 0.486. The minimum Gasteiger partial charge on any atom is -0.352 e. The van der Waals surface area contributed by atoms with Crippen molar-refractivity contribution in [1.29, 1.82) is 0 Å². The molecule has 2 rings (SSSR count). The molecule has 24 heavy (non-hydrogen) atoms. The Balaban J connectivity index is 1.73. The SMILES string of the molecule is CCN1CCN(CCCNC(=O)c2ccc([N+](=O)[O-])cc2I)CC1. The second-order valence-electron chi connectivity index (χ2n) is 5.81. The maximum absolute atomic E-state index is 12.2. The number of carbonyl (C=O) groups is 1. The highest BCUT2D eigenvalue weighted by molar-refractivity contribution is 14.1. The predicted molar refractivity (Wildman–Crippen MR) is 101 cm³/mol. The van der Waals surface area contributed by atoms with Crippen LogP contribution >= 0.6 is 22.6 Å². The highest BCUT2D eigenvalue weighted by Crippen LogP contribution is 2.19. The van der Waals surface area contributed by atoms with Crippen molar-refractivity contribution < 1.29 is 9.72 Å². The van der Waals surface area contributed by atoms with Gasteiger partial charge in [0.1, 0.15) is 0 Å². The van der Waals surface area contributed by atoms with Gasteiger partial charge in [0, 0.05) is 48.4 Å². The van der Waals surface area contributed by atoms with Gasteiger partial charge in [-0.3, -0.25) is 14.9 Å². The van der Waals surface area contributed by atoms with Crippen molar-refractivity contribution in [3.8, 4) is 0 Å². The average molecular weight is 446 g/mol. The van der Waals surface area contributed by atoms with E-state index in [1.54, 1.807) is 0 Å². The van der Waals surface area contributed by atoms with Gasteiger partial charge in [-0.05, 0) is 48.2 Å². The third kappa shape index (κ3) is 5.38. The Labute approximate surface area is 155 Å². The van der Waals surface area contributed by atoms with Crippen molar-refractivity contribution in [2.45, 2.75) is 13.3 Å². The second kappa shape index (κ2) is 9.28. The third-order valence-corrected chi connectivity index (χ3v) is 5.15. The first kappa shape index (κ1) is 19.1. The molecular formula is C16H23IN4O3. The number of nitrogens with zero attached hydrogens (tertiary/aromatic N) is 3. The molecule has 1 aliphatic rings. The Morgan fingerprint density at radius 2 is 1.96 bits per heavy atom. The predicted octanol–water partition coefficient (Wildman–Crippen LogP) is 1.96. The first-order chi connectivity index (χ1) is 11.5. The summed E-state index contributed by atoms with van der Waals surface area (Å²) in [4.78, 5) is 27.3. The molecule has 0 aliphatic carbocycles. The second-order valence-corrected chi connectivity index (χ2v) is 6.97. The van der Waals surface area contributed by atoms with Gasteiger partial charge in [-0.25, -0.2) is 0 Å². The molecule has 8 heteroatoms. The molecule has 1 heterocycles. The minimum atomic E-state index is -0.456. The molecule has 0 spiro atoms. The van der Waals surface area contributed by atoms with Crippen molar-refractivity contribution in [2.24, 2.45) is 0 Å². The highest BCUT2D eigenvalue weighted by Gasteiger charge is 2.16. The molecule has 0 radical (unpaired) electrons. The molecule has 1 aromatic carbocycles. The fourth-order valence-corrected chi connectivity index (χ4v) is 3.47. The van der Waals surface area contributed by atoms with Crippen molar-refractivity contribution >= 4 is 34.2 Å². The van der Waals surface area contributed by atoms with Crippen LogP contribution in [-0.4, -0.2) is 66.4 Å². The summed E-state index contributed by atoms with van der Waals surface area (Å²) >= 11 is 1.96. The van der Waals surface area contributed by atoms with Crippen molar-refractivity contribution in [3.63, 3.8) is 0 Å². The number of nitro groups is 1. The number of benzene rings is 1. The van der Waals surface area contributed by atoms with E-state index < -0.39 is 4.92 Å². The normalized spacial score (nSPS) is 16.1. The number of non-ortho nitro benzene ring substituents is 1. The van der Waals surface area contributed by atoms with Gasteiger partial charge >= 0.3 is 0 Å². The Bertz CT molecular complexity index is 589. The smallest absolute Gasteiger partial charge is 0.270 e. The van der Waals surface area contributed by atoms with Gasteiger partial charge in [0.2, 0.25) is 0 Å². The van der Waals surface area contributed by atoms with Crippen LogP contribution in [0.1, 0.15) is 23.7 Å². The molecule has 0 aromatic heterocycles. The number of piperazine rings is 1. The number of halogens is 1. The molecule has 1 saturated heterocycles. The maximum atomic E-state index is 12.2. The summed E-state index contributed by atoms with van der Waals surface area (Å²) in [5.74, 6) is -0.176. The van der Waals surface area contributed by atoms with Crippen LogP contribution in [0.2, 0.25) is 0 Å². The zero-order chi connectivity index (χ0) is 17.5. The summed E-state index contributed by atoms with van der Waals surface area (Å²) < 4.78 is 0.593. The van der Waals surface area contributed by atoms with Gasteiger partial charge in [0.15, 0.2) is 0 Å². The molecule has 132 valence electrons. The van der Waals surface area contributed by atoms with Crippen LogP contribution in [0.3, 0.4) is 0 Å². The van der Waals surface area contributed by atoms with E-state index in [4.69, 9.17) is 0 Å². The van der Waals surface area contributed by atoms with Gasteiger partial charge in [0.25, 0.3) is 11.6 Å². The molecule has 1 aliphatic heterocycles. The lowest BCUT2D eigenvalue weighted by Crippen LogP contribution is -2.46. The minimum absolute atomic E-state index is 0.00201. The monoisotopic (exact) mass is 446 g/mol. The molecule has 0 atom stereocenters. The lowest BCUT2D eigenvalue weighted by atomic mass is 10.2. The van der Waals surface area contributed by atoms with Gasteiger partial charge in [-0.2, -0.15) is 0 Å². The summed E-state index contributed by atoms with van der Waals surface area (Å²) in [6.45, 7) is 9.29. The van der Waals surface area contributed by atoms with Gasteiger partial charge < -0.3 is 15.1 Å². The first-order valence-electron chi connectivity index (χ1n) is 8.18. The van der Waals surface area contributed by atoms with Crippen LogP contribution < -0.4 is 5.32 Å². The van der Waals surface area contributed by atoms with E-state index in [-0.39, 0.29) is 11.6 Å². The third-order valence-electron chi connectivity index (χ3n) is 4.26. The Hall–Kier alpha value is -1.26. The molecule has 0 bridgehead atoms. The van der Waals surface area contributed by atoms with E-state index in [0.717, 1.165) is 45.7 Å². The van der Waals surface area contributed by atoms with Crippen LogP contribution in [0.4, 0.5) is 5.69 Å². The lowest BCUT2D eigenvalue weighted by molar-refractivity contribution is -0.384. The molecule has 0 unspecified atom stereocenters. The number of nitro benzene ring substituents is 1. The number of carbonyl (C=O) groups excluding carboxylic acids is 1. The maximum Gasteiger partial charge on any atom is 0.270 e. The number of nitrogens with one attached hydrogen (secondary N) is 1. The van der Waals surface area contributed by atoms with E-state index in [1.807, 2.05) is 22.6 Å². The van der Waals surface area contributed by atoms with E-state index in [0.29, 0.717) is 15.7 Å². The molecule has 1 aromatic rings. The Kier molecular flexibility index (Phi) is 7.38. The summed E-state index contributed by atoms with van der Waals surface area (Å²) in [6.07, 6.45) is 0.904. The van der Waals surface area contributed by atoms with E-state index in [1.165, 1.54) is 18.2 Å². The molecule has 0 saturated carbocycles. The fraction of sp³-hybridized carbons (Fsp3) is 0.562. The van der Waals surface area contributed by atoms with E-state index in [2.05, 4.69) is 22.0 Å². The zero-order valence-corrected chi connectivity index (χ0v) is 16.0. The summed E-state index contributed by atoms with van der Waals surface area (Å²) in [5, 5.41) is 13.6. The Morgan fingerprint density at radius 3 is 2.54 bits per heavy atom. The first-order valence-corrected chi connectivity index (χ1v) is 9.26. The molecule has 1 fully saturated rings. The molecular weight excluding hydrogens is 423 g/mol. The topological polar surface area (TPSA) is 78.7 Å². The van der Waals surface area contributed by atoms with Crippen molar-refractivity contribution in [3.05, 3.63) is 37.4 Å². The number of rotatable bonds is 7. The standard InChI is InChI=1S/C16H23IN4O3/c1-2-19-8-10-20(11-9-19)7-3-6-18-16(22)14-5-4-13(21(23)24)12-15(14)17/h4-5,12H,2-3,6-11H2,1H3,(H,18,22). The summed E-state index contributed by atoms with van der Waals surface area (Å²) in [6, 6.07) is 4.30.